The van der Waals surface area contributed by atoms with Crippen LogP contribution < -0.4 is 43.8 Å². The van der Waals surface area contributed by atoms with Gasteiger partial charge in [-0.15, -0.1) is 0 Å². The van der Waals surface area contributed by atoms with Crippen molar-refractivity contribution in [2.24, 2.45) is 17.2 Å². The van der Waals surface area contributed by atoms with Crippen molar-refractivity contribution in [1.82, 2.24) is 31.5 Å². The van der Waals surface area contributed by atoms with Crippen LogP contribution in [0.25, 0.3) is 11.1 Å². The molecule has 1 aliphatic rings. The first-order valence-corrected chi connectivity index (χ1v) is 20.8. The molecule has 0 radical (unpaired) electrons. The summed E-state index contributed by atoms with van der Waals surface area (Å²) in [6, 6.07) is 10.1. The SMILES string of the molecule is CCCCc1ccc(-c2ccc(C(=O)NCCC(=O)N[C@@H](CCCCN)C(=O)N3CCC[C@H]3C(=O)N[C@@H](C)C(=O)N[C@@H](CCCCN)C(=O)N[C@@H](N)B(O)O)cc2)cc1. The lowest BCUT2D eigenvalue weighted by atomic mass is 9.86. The summed E-state index contributed by atoms with van der Waals surface area (Å²) in [6.45, 7) is 4.66. The van der Waals surface area contributed by atoms with Crippen molar-refractivity contribution in [3.63, 3.8) is 0 Å². The molecule has 6 amide bonds. The number of likely N-dealkylation sites (tertiary alicyclic amines) is 1. The highest BCUT2D eigenvalue weighted by atomic mass is 16.4. The summed E-state index contributed by atoms with van der Waals surface area (Å²) in [5.74, 6) is -3.21. The number of carbonyl (C=O) groups excluding carboxylic acids is 6. The normalized spacial score (nSPS) is 15.6. The van der Waals surface area contributed by atoms with Gasteiger partial charge in [0.2, 0.25) is 29.5 Å². The molecule has 1 aliphatic heterocycles. The van der Waals surface area contributed by atoms with Crippen LogP contribution in [0.15, 0.2) is 48.5 Å². The van der Waals surface area contributed by atoms with Crippen LogP contribution in [-0.2, 0) is 30.4 Å². The van der Waals surface area contributed by atoms with E-state index in [1.165, 1.54) is 17.4 Å². The van der Waals surface area contributed by atoms with E-state index in [0.717, 1.165) is 30.4 Å². The van der Waals surface area contributed by atoms with Crippen molar-refractivity contribution >= 4 is 42.6 Å². The first kappa shape index (κ1) is 48.5. The van der Waals surface area contributed by atoms with Gasteiger partial charge in [-0.2, -0.15) is 0 Å². The Balaban J connectivity index is 1.56. The van der Waals surface area contributed by atoms with Crippen molar-refractivity contribution in [2.45, 2.75) is 121 Å². The highest BCUT2D eigenvalue weighted by Gasteiger charge is 2.38. The predicted octanol–water partition coefficient (Wildman–Crippen LogP) is -0.0476. The van der Waals surface area contributed by atoms with Gasteiger partial charge in [-0.3, -0.25) is 28.8 Å². The maximum atomic E-state index is 13.9. The van der Waals surface area contributed by atoms with Gasteiger partial charge in [-0.25, -0.2) is 0 Å². The Morgan fingerprint density at radius 2 is 1.41 bits per heavy atom. The number of rotatable bonds is 25. The van der Waals surface area contributed by atoms with Gasteiger partial charge in [0.05, 0.1) is 0 Å². The molecule has 3 rings (SSSR count). The summed E-state index contributed by atoms with van der Waals surface area (Å²) in [7, 11) is -2.02. The summed E-state index contributed by atoms with van der Waals surface area (Å²) in [4.78, 5) is 80.7. The lowest BCUT2D eigenvalue weighted by Gasteiger charge is -2.30. The van der Waals surface area contributed by atoms with E-state index in [0.29, 0.717) is 57.2 Å². The van der Waals surface area contributed by atoms with Crippen LogP contribution in [-0.4, -0.2) is 114 Å². The molecule has 0 saturated carbocycles. The average Bonchev–Trinajstić information content (AvgIpc) is 3.72. The van der Waals surface area contributed by atoms with Gasteiger partial charge in [-0.1, -0.05) is 49.7 Å². The number of benzene rings is 2. The lowest BCUT2D eigenvalue weighted by molar-refractivity contribution is -0.142. The van der Waals surface area contributed by atoms with Gasteiger partial charge in [-0.05, 0) is 113 Å². The Hall–Kier alpha value is -4.88. The van der Waals surface area contributed by atoms with E-state index in [1.54, 1.807) is 12.1 Å². The first-order chi connectivity index (χ1) is 28.3. The zero-order valence-corrected chi connectivity index (χ0v) is 34.4. The minimum atomic E-state index is -2.02. The fraction of sp³-hybridized carbons (Fsp3) is 0.561. The Morgan fingerprint density at radius 3 is 2.00 bits per heavy atom. The smallest absolute Gasteiger partial charge is 0.425 e. The maximum absolute atomic E-state index is 13.9. The molecule has 1 heterocycles. The van der Waals surface area contributed by atoms with Crippen molar-refractivity contribution < 1.29 is 38.8 Å². The molecule has 0 aromatic heterocycles. The largest absolute Gasteiger partial charge is 0.490 e. The molecule has 1 fully saturated rings. The van der Waals surface area contributed by atoms with Gasteiger partial charge in [0.25, 0.3) is 5.91 Å². The minimum absolute atomic E-state index is 0.0375. The fourth-order valence-corrected chi connectivity index (χ4v) is 6.74. The standard InChI is InChI=1S/C41H64BN9O8/c1-3-4-10-28-14-16-29(17-15-28)30-18-20-31(21-19-30)37(54)46-25-22-35(52)48-33(12-6-8-24-44)40(57)51-26-9-13-34(51)39(56)47-27(2)36(53)49-32(11-5-7-23-43)38(55)50-41(45)42(58)59/h14-21,27,32-34,41,58-59H,3-13,22-26,43-45H2,1-2H3,(H,46,54)(H,47,56)(H,48,52)(H,49,53)(H,50,55)/t27-,32-,33-,34-,41+/m0/s1. The van der Waals surface area contributed by atoms with E-state index < -0.39 is 66.9 Å². The van der Waals surface area contributed by atoms with E-state index in [1.807, 2.05) is 12.1 Å². The zero-order chi connectivity index (χ0) is 43.3. The number of unbranched alkanes of at least 4 members (excludes halogenated alkanes) is 3. The van der Waals surface area contributed by atoms with Gasteiger partial charge in [0.1, 0.15) is 30.2 Å². The second-order valence-electron chi connectivity index (χ2n) is 15.0. The Morgan fingerprint density at radius 1 is 0.797 bits per heavy atom. The van der Waals surface area contributed by atoms with Crippen LogP contribution in [0.1, 0.15) is 100 Å². The van der Waals surface area contributed by atoms with Crippen LogP contribution in [0.5, 0.6) is 0 Å². The molecule has 18 heteroatoms. The van der Waals surface area contributed by atoms with Crippen molar-refractivity contribution in [2.75, 3.05) is 26.2 Å². The van der Waals surface area contributed by atoms with E-state index in [-0.39, 0.29) is 38.3 Å². The predicted molar refractivity (Wildman–Crippen MR) is 226 cm³/mol. The summed E-state index contributed by atoms with van der Waals surface area (Å²) in [5.41, 5.74) is 20.6. The van der Waals surface area contributed by atoms with Gasteiger partial charge in [0.15, 0.2) is 0 Å². The van der Waals surface area contributed by atoms with E-state index in [9.17, 15) is 38.8 Å². The molecule has 2 aromatic carbocycles. The molecule has 324 valence electrons. The number of amides is 6. The third-order valence-corrected chi connectivity index (χ3v) is 10.3. The second kappa shape index (κ2) is 25.6. The van der Waals surface area contributed by atoms with E-state index >= 15 is 0 Å². The molecule has 1 saturated heterocycles. The Kier molecular flexibility index (Phi) is 21.0. The van der Waals surface area contributed by atoms with E-state index in [4.69, 9.17) is 17.2 Å². The summed E-state index contributed by atoms with van der Waals surface area (Å²) >= 11 is 0. The Bertz CT molecular complexity index is 1660. The summed E-state index contributed by atoms with van der Waals surface area (Å²) in [6.07, 6.45) is 6.79. The zero-order valence-electron chi connectivity index (χ0n) is 34.4. The van der Waals surface area contributed by atoms with Crippen LogP contribution in [0.4, 0.5) is 0 Å². The van der Waals surface area contributed by atoms with Crippen LogP contribution in [0.2, 0.25) is 0 Å². The number of nitrogens with one attached hydrogen (secondary N) is 5. The molecule has 0 spiro atoms. The first-order valence-electron chi connectivity index (χ1n) is 20.8. The molecule has 0 bridgehead atoms. The Labute approximate surface area is 347 Å². The number of carbonyl (C=O) groups is 6. The molecule has 59 heavy (non-hydrogen) atoms. The van der Waals surface area contributed by atoms with E-state index in [2.05, 4.69) is 57.8 Å². The number of nitrogens with zero attached hydrogens (tertiary/aromatic N) is 1. The number of hydrogen-bond acceptors (Lipinski definition) is 11. The van der Waals surface area contributed by atoms with Crippen LogP contribution in [0.3, 0.4) is 0 Å². The highest BCUT2D eigenvalue weighted by molar-refractivity contribution is 6.43. The quantitative estimate of drug-likeness (QED) is 0.0360. The number of nitrogens with two attached hydrogens (primary N) is 3. The van der Waals surface area contributed by atoms with Crippen LogP contribution >= 0.6 is 0 Å². The minimum Gasteiger partial charge on any atom is -0.425 e. The number of hydrogen-bond donors (Lipinski definition) is 10. The molecule has 0 aliphatic carbocycles. The van der Waals surface area contributed by atoms with Crippen molar-refractivity contribution in [1.29, 1.82) is 0 Å². The van der Waals surface area contributed by atoms with Gasteiger partial charge in [0, 0.05) is 25.1 Å². The molecule has 13 N–H and O–H groups in total. The third kappa shape index (κ3) is 16.0. The molecule has 5 atom stereocenters. The monoisotopic (exact) mass is 821 g/mol. The maximum Gasteiger partial charge on any atom is 0.490 e. The van der Waals surface area contributed by atoms with Gasteiger partial charge >= 0.3 is 7.12 Å². The second-order valence-corrected chi connectivity index (χ2v) is 15.0. The average molecular weight is 822 g/mol. The third-order valence-electron chi connectivity index (χ3n) is 10.3. The van der Waals surface area contributed by atoms with Gasteiger partial charge < -0.3 is 58.7 Å². The molecule has 2 aromatic rings. The number of aryl methyl sites for hydroxylation is 1. The van der Waals surface area contributed by atoms with Crippen LogP contribution in [0, 0.1) is 0 Å². The molecular weight excluding hydrogens is 757 g/mol. The summed E-state index contributed by atoms with van der Waals surface area (Å²) < 4.78 is 0. The lowest BCUT2D eigenvalue weighted by Crippen LogP contribution is -2.59. The fourth-order valence-electron chi connectivity index (χ4n) is 6.74. The highest BCUT2D eigenvalue weighted by Crippen LogP contribution is 2.22. The van der Waals surface area contributed by atoms with Crippen molar-refractivity contribution in [3.8, 4) is 11.1 Å². The molecule has 17 nitrogen and oxygen atoms in total. The van der Waals surface area contributed by atoms with Crippen molar-refractivity contribution in [3.05, 3.63) is 59.7 Å². The summed E-state index contributed by atoms with van der Waals surface area (Å²) in [5, 5.41) is 31.5. The molecular formula is C41H64BN9O8. The topological polar surface area (TPSA) is 284 Å². The molecule has 0 unspecified atom stereocenters.